The first-order valence-electron chi connectivity index (χ1n) is 0.408. The zero-order valence-corrected chi connectivity index (χ0v) is 9.07. The van der Waals surface area contributed by atoms with Crippen molar-refractivity contribution in [1.82, 2.24) is 0 Å². The van der Waals surface area contributed by atoms with Crippen LogP contribution in [0.5, 0.6) is 0 Å². The summed E-state index contributed by atoms with van der Waals surface area (Å²) in [4.78, 5) is 0. The molecule has 0 aromatic rings. The summed E-state index contributed by atoms with van der Waals surface area (Å²) in [6, 6.07) is 0. The van der Waals surface area contributed by atoms with Crippen LogP contribution in [-0.4, -0.2) is 0 Å². The zero-order valence-electron chi connectivity index (χ0n) is 1.82. The van der Waals surface area contributed by atoms with E-state index in [2.05, 4.69) is 0 Å². The molecule has 0 aromatic carbocycles. The normalized spacial score (nSPS) is 2.25. The van der Waals surface area contributed by atoms with E-state index in [0.29, 0.717) is 0 Å². The van der Waals surface area contributed by atoms with Gasteiger partial charge < -0.3 is 0 Å². The molecule has 4 heavy (non-hydrogen) atoms. The summed E-state index contributed by atoms with van der Waals surface area (Å²) in [6.07, 6.45) is 0. The molecule has 0 saturated heterocycles. The molecule has 0 unspecified atom stereocenters. The van der Waals surface area contributed by atoms with Gasteiger partial charge in [-0.2, -0.15) is 0 Å². The van der Waals surface area contributed by atoms with Crippen molar-refractivity contribution >= 4 is 0 Å². The summed E-state index contributed by atoms with van der Waals surface area (Å²) in [5.41, 5.74) is 0. The Balaban J connectivity index is 0. The van der Waals surface area contributed by atoms with Gasteiger partial charge in [0.15, 0.2) is 0 Å². The van der Waals surface area contributed by atoms with Crippen LogP contribution in [-0.2, 0) is 2.10 Å². The van der Waals surface area contributed by atoms with Gasteiger partial charge in [0.1, 0.15) is 0 Å². The van der Waals surface area contributed by atoms with Gasteiger partial charge in [0.25, 0.3) is 0 Å². The van der Waals surface area contributed by atoms with Gasteiger partial charge in [0.2, 0.25) is 0 Å². The minimum atomic E-state index is -0.0918. The van der Waals surface area contributed by atoms with Gasteiger partial charge in [-0.3, -0.25) is 0 Å². The number of rotatable bonds is 0. The molecule has 0 aliphatic heterocycles. The van der Waals surface area contributed by atoms with Crippen molar-refractivity contribution in [2.45, 2.75) is 0 Å². The Morgan fingerprint density at radius 1 is 1.25 bits per heavy atom. The third kappa shape index (κ3) is 8.85. The minimum absolute atomic E-state index is 0.0556. The molecule has 0 spiro atoms. The molecule has 0 saturated carbocycles. The Morgan fingerprint density at radius 3 is 1.25 bits per heavy atom. The van der Waals surface area contributed by atoms with Crippen molar-refractivity contribution in [3.8, 4) is 0 Å². The van der Waals surface area contributed by atoms with E-state index in [4.69, 9.17) is 2.10 Å². The van der Waals surface area contributed by atoms with Gasteiger partial charge in [-0.1, -0.05) is 0 Å². The molecule has 0 aromatic heterocycles. The first kappa shape index (κ1) is 9.57. The molecule has 0 radical (unpaired) electrons. The quantitative estimate of drug-likeness (QED) is 0.559. The Hall–Kier alpha value is 2.30. The third-order valence-electron chi connectivity index (χ3n) is 0. The van der Waals surface area contributed by atoms with E-state index in [-0.39, 0.29) is 77.8 Å². The van der Waals surface area contributed by atoms with Gasteiger partial charge >= 0.3 is 79.9 Å². The molecule has 0 atom stereocenters. The van der Waals surface area contributed by atoms with Crippen LogP contribution in [0.25, 0.3) is 0 Å². The van der Waals surface area contributed by atoms with Crippen LogP contribution in [0.1, 0.15) is 0 Å². The third-order valence-corrected chi connectivity index (χ3v) is 0. The number of hydrogen-bond donors (Lipinski definition) is 0. The fourth-order valence-electron chi connectivity index (χ4n) is 0. The van der Waals surface area contributed by atoms with Crippen molar-refractivity contribution < 1.29 is 79.9 Å². The maximum absolute atomic E-state index is 8.42. The van der Waals surface area contributed by atoms with Crippen molar-refractivity contribution in [2.75, 3.05) is 0 Å². The Labute approximate surface area is 77.7 Å². The van der Waals surface area contributed by atoms with E-state index in [0.717, 1.165) is 0 Å². The SMILES string of the molecule is [O]=[Ce].[O]=[Th]. The van der Waals surface area contributed by atoms with E-state index in [9.17, 15) is 0 Å². The summed E-state index contributed by atoms with van der Waals surface area (Å²) in [6.45, 7) is 0. The van der Waals surface area contributed by atoms with Crippen molar-refractivity contribution in [2.24, 2.45) is 0 Å². The van der Waals surface area contributed by atoms with Gasteiger partial charge in [-0.15, -0.1) is 0 Å². The van der Waals surface area contributed by atoms with Crippen molar-refractivity contribution in [3.05, 3.63) is 0 Å². The predicted molar refractivity (Wildman–Crippen MR) is 1.37 cm³/mol. The molecule has 4 heteroatoms. The van der Waals surface area contributed by atoms with Gasteiger partial charge in [0, 0.05) is 0 Å². The fourth-order valence-corrected chi connectivity index (χ4v) is 0. The van der Waals surface area contributed by atoms with Crippen molar-refractivity contribution in [1.29, 1.82) is 0 Å². The van der Waals surface area contributed by atoms with Gasteiger partial charge in [0.05, 0.1) is 0 Å². The van der Waals surface area contributed by atoms with Crippen LogP contribution >= 0.6 is 0 Å². The average molecular weight is 404 g/mol. The molecular formula is CeO2Th. The van der Waals surface area contributed by atoms with E-state index >= 15 is 0 Å². The molecule has 20 valence electrons. The molecular weight excluding hydrogens is 404 g/mol. The van der Waals surface area contributed by atoms with Crippen LogP contribution in [0.3, 0.4) is 0 Å². The van der Waals surface area contributed by atoms with Gasteiger partial charge in [-0.25, -0.2) is 0 Å². The average Bonchev–Trinajstić information content (AvgIpc) is 1.50. The molecule has 2 nitrogen and oxygen atoms in total. The standard InChI is InChI=1S/Ce.2O.Th. The molecule has 0 heterocycles. The van der Waals surface area contributed by atoms with E-state index in [1.165, 1.54) is 0 Å². The Bertz CT molecular complexity index is 8.00. The number of hydrogen-bond acceptors (Lipinski definition) is 2. The Kier molecular flexibility index (Phi) is 44.3. The molecule has 0 fully saturated rings. The van der Waals surface area contributed by atoms with Crippen LogP contribution in [0.15, 0.2) is 0 Å². The van der Waals surface area contributed by atoms with Crippen LogP contribution in [0.2, 0.25) is 0 Å². The van der Waals surface area contributed by atoms with Gasteiger partial charge in [-0.05, 0) is 0 Å². The summed E-state index contributed by atoms with van der Waals surface area (Å²) in [5, 5.41) is 0. The zero-order chi connectivity index (χ0) is 4.00. The maximum atomic E-state index is 8.42. The molecule has 0 amide bonds. The molecule has 0 N–H and O–H groups in total. The monoisotopic (exact) mass is 404 g/mol. The van der Waals surface area contributed by atoms with Crippen LogP contribution < -0.4 is 0 Å². The second kappa shape index (κ2) is 18.5. The first-order valence-corrected chi connectivity index (χ1v) is 3.37. The van der Waals surface area contributed by atoms with E-state index < -0.39 is 0 Å². The second-order valence-electron chi connectivity index (χ2n) is 0. The molecule has 0 rings (SSSR count). The Morgan fingerprint density at radius 2 is 1.25 bits per heavy atom. The van der Waals surface area contributed by atoms with E-state index in [1.807, 2.05) is 0 Å². The second-order valence-corrected chi connectivity index (χ2v) is 0. The first-order chi connectivity index (χ1) is 2.00. The fraction of sp³-hybridized carbons (Fsp3) is 0. The predicted octanol–water partition coefficient (Wildman–Crippen LogP) is -0.238. The van der Waals surface area contributed by atoms with Crippen molar-refractivity contribution in [3.63, 3.8) is 0 Å². The summed E-state index contributed by atoms with van der Waals surface area (Å²) in [5.74, 6) is 0. The van der Waals surface area contributed by atoms with E-state index in [1.54, 1.807) is 0 Å². The molecule has 0 bridgehead atoms. The van der Waals surface area contributed by atoms with Crippen LogP contribution in [0, 0.1) is 77.8 Å². The summed E-state index contributed by atoms with van der Waals surface area (Å²) < 4.78 is 16.8. The topological polar surface area (TPSA) is 34.1 Å². The summed E-state index contributed by atoms with van der Waals surface area (Å²) >= 11 is -0.0363. The molecule has 0 aliphatic carbocycles. The van der Waals surface area contributed by atoms with Crippen LogP contribution in [0.4, 0.5) is 0 Å². The summed E-state index contributed by atoms with van der Waals surface area (Å²) in [7, 11) is 0. The molecule has 0 aliphatic rings.